The standard InChI is InChI=1S/C11H23NO2/c1-3-13-9-11(12-2)8-10-4-6-14-7-5-10/h10-12H,3-9H2,1-2H3. The van der Waals surface area contributed by atoms with Crippen molar-refractivity contribution in [2.24, 2.45) is 5.92 Å². The van der Waals surface area contributed by atoms with Crippen LogP contribution in [0, 0.1) is 5.92 Å². The van der Waals surface area contributed by atoms with Gasteiger partial charge in [-0.1, -0.05) is 0 Å². The van der Waals surface area contributed by atoms with Crippen molar-refractivity contribution < 1.29 is 9.47 Å². The maximum Gasteiger partial charge on any atom is 0.0619 e. The second kappa shape index (κ2) is 7.21. The van der Waals surface area contributed by atoms with E-state index < -0.39 is 0 Å². The van der Waals surface area contributed by atoms with Gasteiger partial charge in [0.25, 0.3) is 0 Å². The van der Waals surface area contributed by atoms with Crippen LogP contribution in [0.3, 0.4) is 0 Å². The molecule has 0 aromatic carbocycles. The van der Waals surface area contributed by atoms with Crippen molar-refractivity contribution in [2.45, 2.75) is 32.2 Å². The Morgan fingerprint density at radius 1 is 1.43 bits per heavy atom. The van der Waals surface area contributed by atoms with Crippen LogP contribution in [-0.2, 0) is 9.47 Å². The van der Waals surface area contributed by atoms with Gasteiger partial charge in [0.2, 0.25) is 0 Å². The third kappa shape index (κ3) is 4.40. The number of likely N-dealkylation sites (N-methyl/N-ethyl adjacent to an activating group) is 1. The van der Waals surface area contributed by atoms with E-state index in [1.165, 1.54) is 19.3 Å². The van der Waals surface area contributed by atoms with Gasteiger partial charge in [-0.3, -0.25) is 0 Å². The summed E-state index contributed by atoms with van der Waals surface area (Å²) in [6.45, 7) is 5.57. The van der Waals surface area contributed by atoms with E-state index >= 15 is 0 Å². The summed E-state index contributed by atoms with van der Waals surface area (Å²) in [5, 5.41) is 3.32. The fourth-order valence-corrected chi connectivity index (χ4v) is 1.91. The summed E-state index contributed by atoms with van der Waals surface area (Å²) < 4.78 is 10.8. The highest BCUT2D eigenvalue weighted by molar-refractivity contribution is 4.72. The molecule has 1 heterocycles. The molecule has 3 nitrogen and oxygen atoms in total. The highest BCUT2D eigenvalue weighted by Gasteiger charge is 2.18. The van der Waals surface area contributed by atoms with E-state index in [1.807, 2.05) is 14.0 Å². The molecule has 1 aliphatic heterocycles. The normalized spacial score (nSPS) is 21.0. The van der Waals surface area contributed by atoms with E-state index in [4.69, 9.17) is 9.47 Å². The van der Waals surface area contributed by atoms with Gasteiger partial charge in [0, 0.05) is 25.9 Å². The molecule has 1 atom stereocenters. The van der Waals surface area contributed by atoms with Crippen LogP contribution in [0.25, 0.3) is 0 Å². The lowest BCUT2D eigenvalue weighted by atomic mass is 9.93. The molecule has 0 radical (unpaired) electrons. The smallest absolute Gasteiger partial charge is 0.0619 e. The Balaban J connectivity index is 2.16. The highest BCUT2D eigenvalue weighted by atomic mass is 16.5. The van der Waals surface area contributed by atoms with Crippen molar-refractivity contribution in [3.63, 3.8) is 0 Å². The van der Waals surface area contributed by atoms with Gasteiger partial charge in [0.1, 0.15) is 0 Å². The highest BCUT2D eigenvalue weighted by Crippen LogP contribution is 2.20. The fraction of sp³-hybridized carbons (Fsp3) is 1.00. The molecule has 0 saturated carbocycles. The predicted octanol–water partition coefficient (Wildman–Crippen LogP) is 1.43. The van der Waals surface area contributed by atoms with Crippen molar-refractivity contribution >= 4 is 0 Å². The van der Waals surface area contributed by atoms with Crippen LogP contribution in [0.1, 0.15) is 26.2 Å². The summed E-state index contributed by atoms with van der Waals surface area (Å²) in [5.74, 6) is 0.821. The molecule has 1 rings (SSSR count). The topological polar surface area (TPSA) is 30.5 Å². The van der Waals surface area contributed by atoms with Crippen LogP contribution >= 0.6 is 0 Å². The van der Waals surface area contributed by atoms with Crippen molar-refractivity contribution in [3.05, 3.63) is 0 Å². The van der Waals surface area contributed by atoms with Crippen molar-refractivity contribution in [2.75, 3.05) is 33.5 Å². The summed E-state index contributed by atoms with van der Waals surface area (Å²) in [6, 6.07) is 0.512. The average Bonchev–Trinajstić information content (AvgIpc) is 2.25. The maximum absolute atomic E-state index is 5.43. The molecule has 0 aromatic heterocycles. The first-order valence-corrected chi connectivity index (χ1v) is 5.69. The van der Waals surface area contributed by atoms with E-state index in [2.05, 4.69) is 5.32 Å². The first kappa shape index (κ1) is 12.0. The van der Waals surface area contributed by atoms with Crippen LogP contribution < -0.4 is 5.32 Å². The zero-order chi connectivity index (χ0) is 10.2. The van der Waals surface area contributed by atoms with Crippen LogP contribution in [0.2, 0.25) is 0 Å². The number of ether oxygens (including phenoxy) is 2. The van der Waals surface area contributed by atoms with E-state index in [0.717, 1.165) is 32.3 Å². The summed E-state index contributed by atoms with van der Waals surface area (Å²) in [6.07, 6.45) is 3.65. The van der Waals surface area contributed by atoms with Gasteiger partial charge in [-0.2, -0.15) is 0 Å². The van der Waals surface area contributed by atoms with Crippen molar-refractivity contribution in [3.8, 4) is 0 Å². The molecule has 0 spiro atoms. The van der Waals surface area contributed by atoms with Gasteiger partial charge in [-0.05, 0) is 39.2 Å². The molecule has 1 N–H and O–H groups in total. The van der Waals surface area contributed by atoms with E-state index in [-0.39, 0.29) is 0 Å². The quantitative estimate of drug-likeness (QED) is 0.705. The average molecular weight is 201 g/mol. The summed E-state index contributed by atoms with van der Waals surface area (Å²) in [7, 11) is 2.02. The second-order valence-corrected chi connectivity index (χ2v) is 3.94. The van der Waals surface area contributed by atoms with Crippen molar-refractivity contribution in [1.29, 1.82) is 0 Å². The van der Waals surface area contributed by atoms with Crippen LogP contribution in [0.15, 0.2) is 0 Å². The molecule has 0 amide bonds. The van der Waals surface area contributed by atoms with E-state index in [1.54, 1.807) is 0 Å². The predicted molar refractivity (Wildman–Crippen MR) is 57.5 cm³/mol. The molecule has 0 aliphatic carbocycles. The molecule has 3 heteroatoms. The fourth-order valence-electron chi connectivity index (χ4n) is 1.91. The lowest BCUT2D eigenvalue weighted by molar-refractivity contribution is 0.0525. The second-order valence-electron chi connectivity index (χ2n) is 3.94. The van der Waals surface area contributed by atoms with Crippen LogP contribution in [0.4, 0.5) is 0 Å². The minimum Gasteiger partial charge on any atom is -0.381 e. The number of hydrogen-bond donors (Lipinski definition) is 1. The van der Waals surface area contributed by atoms with Crippen LogP contribution in [-0.4, -0.2) is 39.5 Å². The van der Waals surface area contributed by atoms with Gasteiger partial charge in [-0.25, -0.2) is 0 Å². The number of hydrogen-bond acceptors (Lipinski definition) is 3. The summed E-state index contributed by atoms with van der Waals surface area (Å²) >= 11 is 0. The molecule has 1 fully saturated rings. The first-order valence-electron chi connectivity index (χ1n) is 5.69. The molecule has 0 aromatic rings. The van der Waals surface area contributed by atoms with E-state index in [9.17, 15) is 0 Å². The van der Waals surface area contributed by atoms with Gasteiger partial charge in [0.15, 0.2) is 0 Å². The van der Waals surface area contributed by atoms with Gasteiger partial charge < -0.3 is 14.8 Å². The Kier molecular flexibility index (Phi) is 6.15. The Labute approximate surface area is 87.2 Å². The zero-order valence-electron chi connectivity index (χ0n) is 9.42. The SMILES string of the molecule is CCOCC(CC1CCOCC1)NC. The largest absolute Gasteiger partial charge is 0.381 e. The van der Waals surface area contributed by atoms with Crippen LogP contribution in [0.5, 0.6) is 0 Å². The Hall–Kier alpha value is -0.120. The van der Waals surface area contributed by atoms with Gasteiger partial charge in [0.05, 0.1) is 6.61 Å². The molecule has 1 aliphatic rings. The lowest BCUT2D eigenvalue weighted by Gasteiger charge is -2.26. The summed E-state index contributed by atoms with van der Waals surface area (Å²) in [5.41, 5.74) is 0. The molecule has 0 bridgehead atoms. The lowest BCUT2D eigenvalue weighted by Crippen LogP contribution is -2.34. The van der Waals surface area contributed by atoms with Gasteiger partial charge >= 0.3 is 0 Å². The Bertz CT molecular complexity index is 135. The third-order valence-corrected chi connectivity index (χ3v) is 2.89. The minimum absolute atomic E-state index is 0.512. The van der Waals surface area contributed by atoms with E-state index in [0.29, 0.717) is 6.04 Å². The molecular weight excluding hydrogens is 178 g/mol. The third-order valence-electron chi connectivity index (χ3n) is 2.89. The molecular formula is C11H23NO2. The Morgan fingerprint density at radius 3 is 2.71 bits per heavy atom. The number of nitrogens with one attached hydrogen (secondary N) is 1. The maximum atomic E-state index is 5.43. The van der Waals surface area contributed by atoms with Gasteiger partial charge in [-0.15, -0.1) is 0 Å². The first-order chi connectivity index (χ1) is 6.86. The number of rotatable bonds is 6. The zero-order valence-corrected chi connectivity index (χ0v) is 9.42. The van der Waals surface area contributed by atoms with Crippen molar-refractivity contribution in [1.82, 2.24) is 5.32 Å². The molecule has 14 heavy (non-hydrogen) atoms. The Morgan fingerprint density at radius 2 is 2.14 bits per heavy atom. The molecule has 1 saturated heterocycles. The monoisotopic (exact) mass is 201 g/mol. The molecule has 1 unspecified atom stereocenters. The molecule has 84 valence electrons. The summed E-state index contributed by atoms with van der Waals surface area (Å²) in [4.78, 5) is 0. The minimum atomic E-state index is 0.512.